The van der Waals surface area contributed by atoms with Crippen molar-refractivity contribution < 1.29 is 19.0 Å². The molecule has 1 N–H and O–H groups in total. The first-order chi connectivity index (χ1) is 17.6. The van der Waals surface area contributed by atoms with Crippen LogP contribution in [-0.4, -0.2) is 42.2 Å². The van der Waals surface area contributed by atoms with Gasteiger partial charge in [-0.2, -0.15) is 0 Å². The molecule has 0 radical (unpaired) electrons. The van der Waals surface area contributed by atoms with Gasteiger partial charge in [-0.05, 0) is 63.4 Å². The molecule has 8 nitrogen and oxygen atoms in total. The number of hydrogen-bond donors (Lipinski definition) is 1. The Morgan fingerprint density at radius 2 is 1.78 bits per heavy atom. The van der Waals surface area contributed by atoms with Crippen LogP contribution < -0.4 is 24.4 Å². The van der Waals surface area contributed by atoms with Gasteiger partial charge in [0.25, 0.3) is 5.88 Å². The van der Waals surface area contributed by atoms with E-state index in [0.29, 0.717) is 55.2 Å². The molecule has 190 valence electrons. The highest BCUT2D eigenvalue weighted by molar-refractivity contribution is 5.79. The fraction of sp³-hybridized carbons (Fsp3) is 0.393. The molecule has 2 heterocycles. The second kappa shape index (κ2) is 12.2. The highest BCUT2D eigenvalue weighted by atomic mass is 16.5. The molecule has 1 amide bonds. The van der Waals surface area contributed by atoms with Gasteiger partial charge in [-0.3, -0.25) is 4.79 Å². The SMILES string of the molecule is CCOc1ccc(CNC(=O)[C@@H]2CCCN(c3nccnc3Oc3ccc(C)cc3)C2)cc1OCC. The van der Waals surface area contributed by atoms with Crippen LogP contribution in [0.4, 0.5) is 5.82 Å². The van der Waals surface area contributed by atoms with E-state index in [4.69, 9.17) is 14.2 Å². The van der Waals surface area contributed by atoms with Crippen LogP contribution in [0.3, 0.4) is 0 Å². The van der Waals surface area contributed by atoms with E-state index in [0.717, 1.165) is 30.5 Å². The number of benzene rings is 2. The van der Waals surface area contributed by atoms with Crippen molar-refractivity contribution in [2.24, 2.45) is 5.92 Å². The maximum Gasteiger partial charge on any atom is 0.263 e. The van der Waals surface area contributed by atoms with Crippen LogP contribution in [0.2, 0.25) is 0 Å². The molecule has 0 bridgehead atoms. The van der Waals surface area contributed by atoms with Crippen molar-refractivity contribution in [1.29, 1.82) is 0 Å². The third-order valence-corrected chi connectivity index (χ3v) is 6.05. The summed E-state index contributed by atoms with van der Waals surface area (Å²) < 4.78 is 17.4. The lowest BCUT2D eigenvalue weighted by Crippen LogP contribution is -2.43. The van der Waals surface area contributed by atoms with E-state index in [1.165, 1.54) is 0 Å². The van der Waals surface area contributed by atoms with Gasteiger partial charge in [0.05, 0.1) is 19.1 Å². The van der Waals surface area contributed by atoms with Gasteiger partial charge >= 0.3 is 0 Å². The van der Waals surface area contributed by atoms with Gasteiger partial charge in [-0.1, -0.05) is 23.8 Å². The Labute approximate surface area is 212 Å². The van der Waals surface area contributed by atoms with Crippen LogP contribution in [0.15, 0.2) is 54.9 Å². The molecule has 0 aliphatic carbocycles. The maximum absolute atomic E-state index is 13.1. The summed E-state index contributed by atoms with van der Waals surface area (Å²) in [7, 11) is 0. The number of nitrogens with zero attached hydrogens (tertiary/aromatic N) is 3. The van der Waals surface area contributed by atoms with E-state index >= 15 is 0 Å². The molecule has 1 aliphatic heterocycles. The molecule has 0 saturated carbocycles. The summed E-state index contributed by atoms with van der Waals surface area (Å²) in [5, 5.41) is 3.09. The van der Waals surface area contributed by atoms with Gasteiger partial charge in [0.2, 0.25) is 5.91 Å². The van der Waals surface area contributed by atoms with Gasteiger partial charge in [0, 0.05) is 32.0 Å². The van der Waals surface area contributed by atoms with Crippen LogP contribution >= 0.6 is 0 Å². The minimum absolute atomic E-state index is 0.0245. The first-order valence-corrected chi connectivity index (χ1v) is 12.5. The third kappa shape index (κ3) is 6.44. The molecule has 1 fully saturated rings. The van der Waals surface area contributed by atoms with E-state index in [1.54, 1.807) is 12.4 Å². The number of aromatic nitrogens is 2. The minimum Gasteiger partial charge on any atom is -0.490 e. The average Bonchev–Trinajstić information content (AvgIpc) is 2.90. The lowest BCUT2D eigenvalue weighted by molar-refractivity contribution is -0.125. The Bertz CT molecular complexity index is 1150. The summed E-state index contributed by atoms with van der Waals surface area (Å²) >= 11 is 0. The Hall–Kier alpha value is -3.81. The smallest absolute Gasteiger partial charge is 0.263 e. The summed E-state index contributed by atoms with van der Waals surface area (Å²) in [6.45, 7) is 8.80. The normalized spacial score (nSPS) is 15.3. The second-order valence-electron chi connectivity index (χ2n) is 8.75. The molecule has 1 atom stereocenters. The zero-order valence-electron chi connectivity index (χ0n) is 21.2. The van der Waals surface area contributed by atoms with Crippen molar-refractivity contribution in [3.63, 3.8) is 0 Å². The number of rotatable bonds is 10. The molecule has 1 saturated heterocycles. The second-order valence-corrected chi connectivity index (χ2v) is 8.75. The Balaban J connectivity index is 1.39. The molecule has 1 aromatic heterocycles. The van der Waals surface area contributed by atoms with E-state index in [-0.39, 0.29) is 11.8 Å². The number of piperidine rings is 1. The predicted molar refractivity (Wildman–Crippen MR) is 139 cm³/mol. The Morgan fingerprint density at radius 1 is 1.03 bits per heavy atom. The number of ether oxygens (including phenoxy) is 3. The molecule has 36 heavy (non-hydrogen) atoms. The first kappa shape index (κ1) is 25.3. The van der Waals surface area contributed by atoms with Gasteiger partial charge in [0.1, 0.15) is 5.75 Å². The van der Waals surface area contributed by atoms with Gasteiger partial charge in [-0.15, -0.1) is 0 Å². The Morgan fingerprint density at radius 3 is 2.56 bits per heavy atom. The molecule has 8 heteroatoms. The zero-order valence-corrected chi connectivity index (χ0v) is 21.2. The number of aryl methyl sites for hydroxylation is 1. The quantitative estimate of drug-likeness (QED) is 0.432. The molecule has 3 aromatic rings. The highest BCUT2D eigenvalue weighted by Crippen LogP contribution is 2.32. The lowest BCUT2D eigenvalue weighted by atomic mass is 9.97. The fourth-order valence-corrected chi connectivity index (χ4v) is 4.25. The van der Waals surface area contributed by atoms with Crippen LogP contribution in [-0.2, 0) is 11.3 Å². The molecular weight excluding hydrogens is 456 g/mol. The molecule has 0 spiro atoms. The van der Waals surface area contributed by atoms with Crippen molar-refractivity contribution in [2.75, 3.05) is 31.2 Å². The highest BCUT2D eigenvalue weighted by Gasteiger charge is 2.28. The van der Waals surface area contributed by atoms with Gasteiger partial charge < -0.3 is 24.4 Å². The number of anilines is 1. The summed E-state index contributed by atoms with van der Waals surface area (Å²) in [6, 6.07) is 13.6. The van der Waals surface area contributed by atoms with Crippen molar-refractivity contribution in [1.82, 2.24) is 15.3 Å². The first-order valence-electron chi connectivity index (χ1n) is 12.5. The Kier molecular flexibility index (Phi) is 8.60. The third-order valence-electron chi connectivity index (χ3n) is 6.05. The summed E-state index contributed by atoms with van der Waals surface area (Å²) in [5.74, 6) is 3.08. The number of nitrogens with one attached hydrogen (secondary N) is 1. The largest absolute Gasteiger partial charge is 0.490 e. The predicted octanol–water partition coefficient (Wildman–Crippen LogP) is 4.91. The number of amides is 1. The average molecular weight is 491 g/mol. The van der Waals surface area contributed by atoms with Crippen molar-refractivity contribution >= 4 is 11.7 Å². The molecule has 1 aliphatic rings. The van der Waals surface area contributed by atoms with Crippen LogP contribution in [0.5, 0.6) is 23.1 Å². The van der Waals surface area contributed by atoms with Gasteiger partial charge in [-0.25, -0.2) is 9.97 Å². The minimum atomic E-state index is -0.151. The van der Waals surface area contributed by atoms with Crippen LogP contribution in [0, 0.1) is 12.8 Å². The van der Waals surface area contributed by atoms with E-state index in [9.17, 15) is 4.79 Å². The van der Waals surface area contributed by atoms with Crippen LogP contribution in [0.1, 0.15) is 37.8 Å². The number of carbonyl (C=O) groups excluding carboxylic acids is 1. The lowest BCUT2D eigenvalue weighted by Gasteiger charge is -2.33. The van der Waals surface area contributed by atoms with Crippen LogP contribution in [0.25, 0.3) is 0 Å². The number of carbonyl (C=O) groups is 1. The standard InChI is InChI=1S/C28H34N4O4/c1-4-34-24-13-10-21(17-25(24)35-5-2)18-31-27(33)22-7-6-16-32(19-22)26-28(30-15-14-29-26)36-23-11-8-20(3)9-12-23/h8-15,17,22H,4-7,16,18-19H2,1-3H3,(H,31,33)/t22-/m1/s1. The van der Waals surface area contributed by atoms with E-state index in [1.807, 2.05) is 63.2 Å². The van der Waals surface area contributed by atoms with Gasteiger partial charge in [0.15, 0.2) is 17.3 Å². The van der Waals surface area contributed by atoms with Crippen molar-refractivity contribution in [2.45, 2.75) is 40.2 Å². The molecule has 4 rings (SSSR count). The number of hydrogen-bond acceptors (Lipinski definition) is 7. The molecule has 0 unspecified atom stereocenters. The summed E-state index contributed by atoms with van der Waals surface area (Å²) in [4.78, 5) is 24.1. The fourth-order valence-electron chi connectivity index (χ4n) is 4.25. The van der Waals surface area contributed by atoms with Crippen molar-refractivity contribution in [3.8, 4) is 23.1 Å². The zero-order chi connectivity index (χ0) is 25.3. The summed E-state index contributed by atoms with van der Waals surface area (Å²) in [5.41, 5.74) is 2.12. The molecular formula is C28H34N4O4. The monoisotopic (exact) mass is 490 g/mol. The maximum atomic E-state index is 13.1. The van der Waals surface area contributed by atoms with Crippen molar-refractivity contribution in [3.05, 3.63) is 66.0 Å². The molecule has 2 aromatic carbocycles. The topological polar surface area (TPSA) is 85.8 Å². The van der Waals surface area contributed by atoms with E-state index < -0.39 is 0 Å². The summed E-state index contributed by atoms with van der Waals surface area (Å²) in [6.07, 6.45) is 4.98. The van der Waals surface area contributed by atoms with E-state index in [2.05, 4.69) is 20.2 Å².